The van der Waals surface area contributed by atoms with E-state index < -0.39 is 0 Å². The Morgan fingerprint density at radius 2 is 1.96 bits per heavy atom. The molecule has 1 unspecified atom stereocenters. The number of nitrogens with zero attached hydrogens (tertiary/aromatic N) is 3. The van der Waals surface area contributed by atoms with Crippen molar-refractivity contribution in [2.45, 2.75) is 19.4 Å². The van der Waals surface area contributed by atoms with E-state index in [1.54, 1.807) is 11.3 Å². The van der Waals surface area contributed by atoms with Gasteiger partial charge in [0.1, 0.15) is 0 Å². The fourth-order valence-corrected chi connectivity index (χ4v) is 4.89. The van der Waals surface area contributed by atoms with Gasteiger partial charge in [0.25, 0.3) is 0 Å². The van der Waals surface area contributed by atoms with Crippen LogP contribution < -0.4 is 0 Å². The molecule has 2 fully saturated rings. The van der Waals surface area contributed by atoms with E-state index in [9.17, 15) is 4.79 Å². The van der Waals surface area contributed by atoms with Gasteiger partial charge in [-0.1, -0.05) is 18.2 Å². The van der Waals surface area contributed by atoms with Crippen LogP contribution in [0.5, 0.6) is 0 Å². The van der Waals surface area contributed by atoms with Crippen LogP contribution in [0.15, 0.2) is 41.1 Å². The molecule has 1 aromatic carbocycles. The molecule has 1 atom stereocenters. The van der Waals surface area contributed by atoms with E-state index in [0.29, 0.717) is 5.91 Å². The van der Waals surface area contributed by atoms with Gasteiger partial charge in [-0.3, -0.25) is 9.69 Å². The summed E-state index contributed by atoms with van der Waals surface area (Å²) in [6, 6.07) is 11.0. The minimum atomic E-state index is 0.169. The number of carbonyl (C=O) groups is 1. The van der Waals surface area contributed by atoms with Gasteiger partial charge in [0.05, 0.1) is 5.92 Å². The SMILES string of the molecule is CN1CCN(C(=O)C2CCCN(Cc3cccc(-c4ccsc4)c3)C2)CC1. The molecule has 0 aliphatic carbocycles. The molecule has 2 aromatic rings. The Kier molecular flexibility index (Phi) is 5.91. The molecule has 27 heavy (non-hydrogen) atoms. The van der Waals surface area contributed by atoms with Crippen LogP contribution in [0.25, 0.3) is 11.1 Å². The molecule has 4 rings (SSSR count). The van der Waals surface area contributed by atoms with Crippen molar-refractivity contribution < 1.29 is 4.79 Å². The highest BCUT2D eigenvalue weighted by Gasteiger charge is 2.30. The Hall–Kier alpha value is -1.69. The predicted octanol–water partition coefficient (Wildman–Crippen LogP) is 3.40. The lowest BCUT2D eigenvalue weighted by atomic mass is 9.95. The second kappa shape index (κ2) is 8.55. The fraction of sp³-hybridized carbons (Fsp3) is 0.500. The van der Waals surface area contributed by atoms with Crippen LogP contribution in [-0.2, 0) is 11.3 Å². The van der Waals surface area contributed by atoms with Crippen LogP contribution in [0.4, 0.5) is 0 Å². The molecule has 2 aliphatic heterocycles. The molecule has 0 bridgehead atoms. The average Bonchev–Trinajstić information content (AvgIpc) is 3.23. The van der Waals surface area contributed by atoms with Crippen molar-refractivity contribution in [3.05, 3.63) is 46.7 Å². The van der Waals surface area contributed by atoms with Crippen molar-refractivity contribution in [3.63, 3.8) is 0 Å². The standard InChI is InChI=1S/C22H29N3OS/c1-23-9-11-25(12-10-23)22(26)20-6-3-8-24(16-20)15-18-4-2-5-19(14-18)21-7-13-27-17-21/h2,4-5,7,13-14,17,20H,3,6,8-12,15-16H2,1H3. The molecular weight excluding hydrogens is 354 g/mol. The van der Waals surface area contributed by atoms with Crippen LogP contribution in [0.1, 0.15) is 18.4 Å². The smallest absolute Gasteiger partial charge is 0.227 e. The molecule has 0 radical (unpaired) electrons. The highest BCUT2D eigenvalue weighted by molar-refractivity contribution is 7.08. The van der Waals surface area contributed by atoms with E-state index in [0.717, 1.165) is 58.7 Å². The maximum atomic E-state index is 12.9. The summed E-state index contributed by atoms with van der Waals surface area (Å²) < 4.78 is 0. The Labute approximate surface area is 166 Å². The number of piperazine rings is 1. The van der Waals surface area contributed by atoms with Gasteiger partial charge >= 0.3 is 0 Å². The highest BCUT2D eigenvalue weighted by atomic mass is 32.1. The Balaban J connectivity index is 1.37. The van der Waals surface area contributed by atoms with Crippen molar-refractivity contribution in [2.75, 3.05) is 46.3 Å². The van der Waals surface area contributed by atoms with E-state index in [2.05, 4.69) is 62.8 Å². The van der Waals surface area contributed by atoms with Crippen LogP contribution in [0.3, 0.4) is 0 Å². The van der Waals surface area contributed by atoms with Crippen molar-refractivity contribution in [2.24, 2.45) is 5.92 Å². The molecule has 5 heteroatoms. The summed E-state index contributed by atoms with van der Waals surface area (Å²) >= 11 is 1.74. The van der Waals surface area contributed by atoms with Crippen molar-refractivity contribution in [3.8, 4) is 11.1 Å². The first-order valence-electron chi connectivity index (χ1n) is 10.0. The Morgan fingerprint density at radius 3 is 2.74 bits per heavy atom. The third-order valence-electron chi connectivity index (χ3n) is 5.86. The number of carbonyl (C=O) groups excluding carboxylic acids is 1. The molecule has 2 aliphatic rings. The summed E-state index contributed by atoms with van der Waals surface area (Å²) in [5, 5.41) is 4.33. The number of hydrogen-bond donors (Lipinski definition) is 0. The van der Waals surface area contributed by atoms with Crippen molar-refractivity contribution in [1.29, 1.82) is 0 Å². The first-order chi connectivity index (χ1) is 13.2. The maximum absolute atomic E-state index is 12.9. The zero-order valence-electron chi connectivity index (χ0n) is 16.1. The molecule has 4 nitrogen and oxygen atoms in total. The van der Waals surface area contributed by atoms with Gasteiger partial charge in [-0.15, -0.1) is 0 Å². The average molecular weight is 384 g/mol. The zero-order valence-corrected chi connectivity index (χ0v) is 17.0. The third kappa shape index (κ3) is 4.60. The van der Waals surface area contributed by atoms with Gasteiger partial charge in [0.15, 0.2) is 0 Å². The normalized spacial score (nSPS) is 22.1. The molecule has 1 amide bonds. The second-order valence-corrected chi connectivity index (χ2v) is 8.70. The molecule has 1 aromatic heterocycles. The van der Waals surface area contributed by atoms with Crippen molar-refractivity contribution >= 4 is 17.2 Å². The first-order valence-corrected chi connectivity index (χ1v) is 10.9. The lowest BCUT2D eigenvalue weighted by molar-refractivity contribution is -0.139. The monoisotopic (exact) mass is 383 g/mol. The van der Waals surface area contributed by atoms with Gasteiger partial charge in [0.2, 0.25) is 5.91 Å². The fourth-order valence-electron chi connectivity index (χ4n) is 4.22. The Bertz CT molecular complexity index is 753. The summed E-state index contributed by atoms with van der Waals surface area (Å²) in [7, 11) is 2.13. The number of hydrogen-bond acceptors (Lipinski definition) is 4. The molecule has 2 saturated heterocycles. The maximum Gasteiger partial charge on any atom is 0.227 e. The summed E-state index contributed by atoms with van der Waals surface area (Å²) in [4.78, 5) is 19.8. The predicted molar refractivity (Wildman–Crippen MR) is 112 cm³/mol. The Morgan fingerprint density at radius 1 is 1.11 bits per heavy atom. The van der Waals surface area contributed by atoms with Crippen molar-refractivity contribution in [1.82, 2.24) is 14.7 Å². The van der Waals surface area contributed by atoms with Gasteiger partial charge in [-0.25, -0.2) is 0 Å². The minimum Gasteiger partial charge on any atom is -0.340 e. The molecule has 0 N–H and O–H groups in total. The minimum absolute atomic E-state index is 0.169. The molecule has 0 spiro atoms. The molecular formula is C22H29N3OS. The largest absolute Gasteiger partial charge is 0.340 e. The lowest BCUT2D eigenvalue weighted by Crippen LogP contribution is -2.51. The number of piperidine rings is 1. The summed E-state index contributed by atoms with van der Waals surface area (Å²) in [5.41, 5.74) is 3.92. The zero-order chi connectivity index (χ0) is 18.6. The number of benzene rings is 1. The van der Waals surface area contributed by atoms with E-state index >= 15 is 0 Å². The van der Waals surface area contributed by atoms with Gasteiger partial charge in [-0.2, -0.15) is 11.3 Å². The summed E-state index contributed by atoms with van der Waals surface area (Å²) in [6.45, 7) is 6.69. The van der Waals surface area contributed by atoms with Crippen LogP contribution >= 0.6 is 11.3 Å². The number of likely N-dealkylation sites (tertiary alicyclic amines) is 1. The van der Waals surface area contributed by atoms with Gasteiger partial charge in [0, 0.05) is 39.3 Å². The molecule has 3 heterocycles. The summed E-state index contributed by atoms with van der Waals surface area (Å²) in [5.74, 6) is 0.544. The second-order valence-electron chi connectivity index (χ2n) is 7.92. The number of rotatable bonds is 4. The van der Waals surface area contributed by atoms with Crippen LogP contribution in [0, 0.1) is 5.92 Å². The number of amides is 1. The van der Waals surface area contributed by atoms with Crippen LogP contribution in [0.2, 0.25) is 0 Å². The van der Waals surface area contributed by atoms with Gasteiger partial charge < -0.3 is 9.80 Å². The van der Waals surface area contributed by atoms with Gasteiger partial charge in [-0.05, 0) is 66.0 Å². The third-order valence-corrected chi connectivity index (χ3v) is 6.54. The van der Waals surface area contributed by atoms with E-state index in [-0.39, 0.29) is 5.92 Å². The topological polar surface area (TPSA) is 26.8 Å². The quantitative estimate of drug-likeness (QED) is 0.810. The first kappa shape index (κ1) is 18.7. The highest BCUT2D eigenvalue weighted by Crippen LogP contribution is 2.25. The van der Waals surface area contributed by atoms with E-state index in [1.807, 2.05) is 0 Å². The van der Waals surface area contributed by atoms with E-state index in [1.165, 1.54) is 16.7 Å². The summed E-state index contributed by atoms with van der Waals surface area (Å²) in [6.07, 6.45) is 2.16. The molecule has 144 valence electrons. The van der Waals surface area contributed by atoms with Crippen LogP contribution in [-0.4, -0.2) is 66.9 Å². The van der Waals surface area contributed by atoms with E-state index in [4.69, 9.17) is 0 Å². The number of likely N-dealkylation sites (N-methyl/N-ethyl adjacent to an activating group) is 1. The molecule has 0 saturated carbocycles. The lowest BCUT2D eigenvalue weighted by Gasteiger charge is -2.38. The number of thiophene rings is 1.